The van der Waals surface area contributed by atoms with Gasteiger partial charge in [0, 0.05) is 0 Å². The third-order valence-corrected chi connectivity index (χ3v) is 18.6. The molecule has 0 atom stereocenters. The first-order chi connectivity index (χ1) is 25.3. The number of benzene rings is 6. The average Bonchev–Trinajstić information content (AvgIpc) is 3.14. The van der Waals surface area contributed by atoms with Crippen LogP contribution in [0.2, 0.25) is 0 Å². The summed E-state index contributed by atoms with van der Waals surface area (Å²) in [6.45, 7) is 20.7. The summed E-state index contributed by atoms with van der Waals surface area (Å²) in [4.78, 5) is 5.06. The predicted octanol–water partition coefficient (Wildman–Crippen LogP) is 10.4. The number of rotatable bonds is 4. The Labute approximate surface area is 321 Å². The van der Waals surface area contributed by atoms with E-state index in [1.165, 1.54) is 88.0 Å². The van der Waals surface area contributed by atoms with E-state index in [9.17, 15) is 0 Å². The Balaban J connectivity index is 1.64. The van der Waals surface area contributed by atoms with Crippen LogP contribution in [-0.4, -0.2) is 20.8 Å². The molecule has 0 fully saturated rings. The quantitative estimate of drug-likeness (QED) is 0.166. The number of hydrogen-bond donors (Lipinski definition) is 0. The molecule has 0 aliphatic carbocycles. The van der Waals surface area contributed by atoms with E-state index in [4.69, 9.17) is 0 Å². The standard InChI is InChI=1S/C49H56N2P2/c1-32(2)38-16-20-40(21-17-38)52-46-24-12-34(5)28-42(46)50(9)44-30-36(7)14-26-48(44)53(11,41-22-18-39(19-23-41)33(3)4)49-27-15-37(8)31-45(49)51(10)43-29-35(6)13-25-47(43)52/h12-33,53H,1-11H3. The van der Waals surface area contributed by atoms with Gasteiger partial charge < -0.3 is 0 Å². The SMILES string of the molecule is Cc1ccc2c(c1)N(C)c1cc(C)ccc1[PH](C)(c1ccc(C(C)C)cc1)c1ccc(C)cc1N(C)c1cc(C)ccc1P2c1ccc(C(C)C)cc1. The van der Waals surface area contributed by atoms with Crippen LogP contribution in [0.15, 0.2) is 121 Å². The van der Waals surface area contributed by atoms with Gasteiger partial charge in [0.05, 0.1) is 0 Å². The van der Waals surface area contributed by atoms with Gasteiger partial charge in [0.25, 0.3) is 0 Å². The molecule has 1 aliphatic rings. The van der Waals surface area contributed by atoms with Crippen molar-refractivity contribution >= 4 is 69.8 Å². The second-order valence-electron chi connectivity index (χ2n) is 16.1. The van der Waals surface area contributed by atoms with Gasteiger partial charge in [-0.2, -0.15) is 0 Å². The molecule has 0 saturated heterocycles. The molecule has 7 rings (SSSR count). The summed E-state index contributed by atoms with van der Waals surface area (Å²) in [7, 11) is 1.02. The fourth-order valence-electron chi connectivity index (χ4n) is 8.20. The molecule has 1 heterocycles. The fraction of sp³-hybridized carbons (Fsp3) is 0.265. The van der Waals surface area contributed by atoms with Crippen molar-refractivity contribution in [3.8, 4) is 0 Å². The van der Waals surface area contributed by atoms with Gasteiger partial charge in [-0.05, 0) is 0 Å². The van der Waals surface area contributed by atoms with E-state index in [1.54, 1.807) is 0 Å². The van der Waals surface area contributed by atoms with Crippen molar-refractivity contribution < 1.29 is 0 Å². The third kappa shape index (κ3) is 6.75. The first-order valence-electron chi connectivity index (χ1n) is 19.2. The Hall–Kier alpha value is -4.22. The van der Waals surface area contributed by atoms with E-state index >= 15 is 0 Å². The zero-order valence-electron chi connectivity index (χ0n) is 33.5. The van der Waals surface area contributed by atoms with Gasteiger partial charge in [0.1, 0.15) is 0 Å². The second-order valence-corrected chi connectivity index (χ2v) is 22.2. The molecule has 2 nitrogen and oxygen atoms in total. The number of fused-ring (bicyclic) bond motifs is 4. The first-order valence-corrected chi connectivity index (χ1v) is 23.0. The van der Waals surface area contributed by atoms with Crippen LogP contribution >= 0.6 is 15.2 Å². The minimum absolute atomic E-state index is 0.480. The topological polar surface area (TPSA) is 6.48 Å². The molecule has 0 N–H and O–H groups in total. The van der Waals surface area contributed by atoms with Crippen molar-refractivity contribution in [1.29, 1.82) is 0 Å². The summed E-state index contributed by atoms with van der Waals surface area (Å²) in [5.74, 6) is 0.961. The minimum atomic E-state index is -2.66. The summed E-state index contributed by atoms with van der Waals surface area (Å²) in [6.07, 6.45) is 0. The van der Waals surface area contributed by atoms with Crippen LogP contribution in [0.4, 0.5) is 22.7 Å². The Morgan fingerprint density at radius 1 is 0.453 bits per heavy atom. The van der Waals surface area contributed by atoms with Crippen LogP contribution in [0.25, 0.3) is 0 Å². The second kappa shape index (κ2) is 14.5. The van der Waals surface area contributed by atoms with Crippen LogP contribution in [0.1, 0.15) is 72.9 Å². The van der Waals surface area contributed by atoms with E-state index in [0.717, 1.165) is 0 Å². The molecule has 0 aromatic heterocycles. The molecule has 1 aliphatic heterocycles. The van der Waals surface area contributed by atoms with E-state index in [2.05, 4.69) is 207 Å². The molecule has 6 aromatic carbocycles. The summed E-state index contributed by atoms with van der Waals surface area (Å²) < 4.78 is 0. The monoisotopic (exact) mass is 734 g/mol. The van der Waals surface area contributed by atoms with Crippen molar-refractivity contribution in [3.05, 3.63) is 155 Å². The van der Waals surface area contributed by atoms with Gasteiger partial charge in [0.15, 0.2) is 0 Å². The number of hydrogen-bond acceptors (Lipinski definition) is 2. The van der Waals surface area contributed by atoms with Gasteiger partial charge in [-0.25, -0.2) is 0 Å². The average molecular weight is 735 g/mol. The van der Waals surface area contributed by atoms with Gasteiger partial charge >= 0.3 is 322 Å². The fourth-order valence-corrected chi connectivity index (χ4v) is 14.9. The number of nitrogens with zero attached hydrogens (tertiary/aromatic N) is 2. The zero-order valence-corrected chi connectivity index (χ0v) is 35.4. The van der Waals surface area contributed by atoms with E-state index < -0.39 is 15.2 Å². The molecular formula is C49H56N2P2. The van der Waals surface area contributed by atoms with Crippen molar-refractivity contribution in [2.45, 2.75) is 67.2 Å². The zero-order chi connectivity index (χ0) is 37.8. The van der Waals surface area contributed by atoms with Gasteiger partial charge in [-0.15, -0.1) is 0 Å². The molecule has 53 heavy (non-hydrogen) atoms. The van der Waals surface area contributed by atoms with Crippen LogP contribution in [0.5, 0.6) is 0 Å². The van der Waals surface area contributed by atoms with E-state index in [-0.39, 0.29) is 0 Å². The molecule has 0 unspecified atom stereocenters. The predicted molar refractivity (Wildman–Crippen MR) is 241 cm³/mol. The summed E-state index contributed by atoms with van der Waals surface area (Å²) in [5.41, 5.74) is 13.0. The summed E-state index contributed by atoms with van der Waals surface area (Å²) >= 11 is 0. The van der Waals surface area contributed by atoms with E-state index in [0.29, 0.717) is 11.8 Å². The van der Waals surface area contributed by atoms with Gasteiger partial charge in [-0.1, -0.05) is 0 Å². The molecule has 6 aromatic rings. The normalized spacial score (nSPS) is 15.9. The Kier molecular flexibility index (Phi) is 10.2. The maximum atomic E-state index is 2.59. The number of anilines is 4. The van der Waals surface area contributed by atoms with Crippen molar-refractivity contribution in [3.63, 3.8) is 0 Å². The van der Waals surface area contributed by atoms with Crippen molar-refractivity contribution in [2.75, 3.05) is 30.6 Å². The van der Waals surface area contributed by atoms with Crippen LogP contribution in [0, 0.1) is 27.7 Å². The molecule has 0 spiro atoms. The Morgan fingerprint density at radius 3 is 1.21 bits per heavy atom. The maximum absolute atomic E-state index is 2.66. The summed E-state index contributed by atoms with van der Waals surface area (Å²) in [5, 5.41) is 8.43. The van der Waals surface area contributed by atoms with Crippen molar-refractivity contribution in [1.82, 2.24) is 0 Å². The Bertz CT molecular complexity index is 2180. The molecule has 0 amide bonds. The molecule has 4 heteroatoms. The summed E-state index contributed by atoms with van der Waals surface area (Å²) in [6, 6.07) is 48.0. The van der Waals surface area contributed by atoms with Crippen molar-refractivity contribution in [2.24, 2.45) is 0 Å². The van der Waals surface area contributed by atoms with Gasteiger partial charge in [-0.3, -0.25) is 0 Å². The first kappa shape index (κ1) is 37.1. The number of aryl methyl sites for hydroxylation is 4. The molecular weight excluding hydrogens is 679 g/mol. The van der Waals surface area contributed by atoms with Gasteiger partial charge in [0.2, 0.25) is 0 Å². The molecule has 0 saturated carbocycles. The molecule has 272 valence electrons. The molecule has 0 radical (unpaired) electrons. The molecule has 0 bridgehead atoms. The Morgan fingerprint density at radius 2 is 0.811 bits per heavy atom. The van der Waals surface area contributed by atoms with Crippen LogP contribution in [0.3, 0.4) is 0 Å². The van der Waals surface area contributed by atoms with Crippen LogP contribution < -0.4 is 41.6 Å². The van der Waals surface area contributed by atoms with Crippen LogP contribution in [-0.2, 0) is 0 Å². The third-order valence-electron chi connectivity index (χ3n) is 11.5. The van der Waals surface area contributed by atoms with E-state index in [1.807, 2.05) is 0 Å².